The van der Waals surface area contributed by atoms with Crippen molar-refractivity contribution in [2.75, 3.05) is 38.1 Å². The normalized spacial score (nSPS) is 15.4. The molecule has 5 rings (SSSR count). The Morgan fingerprint density at radius 1 is 1.00 bits per heavy atom. The van der Waals surface area contributed by atoms with Gasteiger partial charge in [0.1, 0.15) is 11.4 Å². The summed E-state index contributed by atoms with van der Waals surface area (Å²) in [6.07, 6.45) is 0. The third-order valence-electron chi connectivity index (χ3n) is 5.87. The van der Waals surface area contributed by atoms with Crippen molar-refractivity contribution in [3.05, 3.63) is 56.8 Å². The van der Waals surface area contributed by atoms with Gasteiger partial charge in [0, 0.05) is 49.3 Å². The fourth-order valence-electron chi connectivity index (χ4n) is 4.06. The summed E-state index contributed by atoms with van der Waals surface area (Å²) in [7, 11) is 3.87. The highest BCUT2D eigenvalue weighted by molar-refractivity contribution is 6.39. The van der Waals surface area contributed by atoms with E-state index in [0.29, 0.717) is 21.4 Å². The maximum Gasteiger partial charge on any atom is 0.263 e. The number of piperazine rings is 1. The van der Waals surface area contributed by atoms with Gasteiger partial charge in [-0.2, -0.15) is 0 Å². The predicted octanol–water partition coefficient (Wildman–Crippen LogP) is 4.14. The van der Waals surface area contributed by atoms with Crippen LogP contribution in [0.4, 0.5) is 5.69 Å². The zero-order chi connectivity index (χ0) is 21.0. The van der Waals surface area contributed by atoms with E-state index in [-0.39, 0.29) is 5.56 Å². The third kappa shape index (κ3) is 3.16. The monoisotopic (exact) mass is 441 g/mol. The van der Waals surface area contributed by atoms with Crippen LogP contribution in [0, 0.1) is 0 Å². The van der Waals surface area contributed by atoms with Crippen molar-refractivity contribution in [3.63, 3.8) is 0 Å². The van der Waals surface area contributed by atoms with E-state index in [1.165, 1.54) is 0 Å². The highest BCUT2D eigenvalue weighted by Gasteiger charge is 2.20. The molecule has 6 nitrogen and oxygen atoms in total. The molecule has 0 bridgehead atoms. The van der Waals surface area contributed by atoms with E-state index in [4.69, 9.17) is 23.2 Å². The lowest BCUT2D eigenvalue weighted by Crippen LogP contribution is -2.44. The van der Waals surface area contributed by atoms with Crippen LogP contribution in [0.2, 0.25) is 10.0 Å². The molecule has 1 N–H and O–H groups in total. The molecule has 1 aliphatic heterocycles. The molecule has 154 valence electrons. The highest BCUT2D eigenvalue weighted by atomic mass is 35.5. The van der Waals surface area contributed by atoms with Gasteiger partial charge >= 0.3 is 0 Å². The summed E-state index contributed by atoms with van der Waals surface area (Å²) < 4.78 is 1.58. The molecule has 0 radical (unpaired) electrons. The van der Waals surface area contributed by atoms with Gasteiger partial charge in [-0.15, -0.1) is 0 Å². The number of benzene rings is 2. The number of aromatic nitrogens is 3. The van der Waals surface area contributed by atoms with Crippen LogP contribution in [-0.4, -0.2) is 52.7 Å². The van der Waals surface area contributed by atoms with E-state index in [9.17, 15) is 4.79 Å². The largest absolute Gasteiger partial charge is 0.369 e. The van der Waals surface area contributed by atoms with Crippen LogP contribution in [0.15, 0.2) is 41.2 Å². The first-order valence-corrected chi connectivity index (χ1v) is 10.6. The standard InChI is InChI=1S/C22H21Cl2N5O/c1-27-7-9-29(10-8-27)14-4-5-16-17(12-14)26-21(25-16)19-20(24)15-11-13(23)3-6-18(15)28(2)22(19)30/h3-6,11-12H,7-10H2,1-2H3,(H,25,26). The summed E-state index contributed by atoms with van der Waals surface area (Å²) in [5, 5.41) is 1.64. The van der Waals surface area contributed by atoms with Gasteiger partial charge in [-0.1, -0.05) is 23.2 Å². The van der Waals surface area contributed by atoms with E-state index in [0.717, 1.165) is 53.8 Å². The molecular formula is C22H21Cl2N5O. The van der Waals surface area contributed by atoms with E-state index < -0.39 is 0 Å². The minimum atomic E-state index is -0.201. The minimum absolute atomic E-state index is 0.201. The molecule has 1 fully saturated rings. The SMILES string of the molecule is CN1CCN(c2ccc3nc(-c4c(Cl)c5cc(Cl)ccc5n(C)c4=O)[nH]c3c2)CC1. The van der Waals surface area contributed by atoms with Gasteiger partial charge in [0.15, 0.2) is 0 Å². The lowest BCUT2D eigenvalue weighted by Gasteiger charge is -2.34. The van der Waals surface area contributed by atoms with Crippen molar-refractivity contribution >= 4 is 50.8 Å². The molecule has 0 aliphatic carbocycles. The van der Waals surface area contributed by atoms with Crippen LogP contribution in [0.25, 0.3) is 33.3 Å². The number of pyridine rings is 1. The molecule has 0 unspecified atom stereocenters. The Balaban J connectivity index is 1.63. The van der Waals surface area contributed by atoms with E-state index >= 15 is 0 Å². The second kappa shape index (κ2) is 7.30. The van der Waals surface area contributed by atoms with Crippen molar-refractivity contribution in [2.24, 2.45) is 7.05 Å². The van der Waals surface area contributed by atoms with Crippen LogP contribution < -0.4 is 10.5 Å². The zero-order valence-electron chi connectivity index (χ0n) is 16.7. The van der Waals surface area contributed by atoms with Gasteiger partial charge in [-0.05, 0) is 43.4 Å². The van der Waals surface area contributed by atoms with Crippen molar-refractivity contribution in [1.29, 1.82) is 0 Å². The molecule has 30 heavy (non-hydrogen) atoms. The Bertz CT molecular complexity index is 1340. The fraction of sp³-hybridized carbons (Fsp3) is 0.273. The molecule has 0 saturated carbocycles. The number of H-pyrrole nitrogens is 1. The average molecular weight is 442 g/mol. The lowest BCUT2D eigenvalue weighted by molar-refractivity contribution is 0.313. The topological polar surface area (TPSA) is 57.2 Å². The first-order valence-electron chi connectivity index (χ1n) is 9.84. The number of likely N-dealkylation sites (N-methyl/N-ethyl adjacent to an activating group) is 1. The number of hydrogen-bond acceptors (Lipinski definition) is 4. The van der Waals surface area contributed by atoms with Gasteiger partial charge in [-0.3, -0.25) is 4.79 Å². The first-order chi connectivity index (χ1) is 14.4. The number of anilines is 1. The molecular weight excluding hydrogens is 421 g/mol. The Labute approximate surface area is 183 Å². The summed E-state index contributed by atoms with van der Waals surface area (Å²) in [6.45, 7) is 4.05. The number of nitrogens with zero attached hydrogens (tertiary/aromatic N) is 4. The average Bonchev–Trinajstić information content (AvgIpc) is 3.15. The number of aryl methyl sites for hydroxylation is 1. The number of rotatable bonds is 2. The van der Waals surface area contributed by atoms with Crippen LogP contribution in [-0.2, 0) is 7.05 Å². The summed E-state index contributed by atoms with van der Waals surface area (Å²) >= 11 is 12.8. The quantitative estimate of drug-likeness (QED) is 0.507. The van der Waals surface area contributed by atoms with Crippen molar-refractivity contribution < 1.29 is 0 Å². The lowest BCUT2D eigenvalue weighted by atomic mass is 10.1. The number of hydrogen-bond donors (Lipinski definition) is 1. The van der Waals surface area contributed by atoms with Gasteiger partial charge < -0.3 is 19.4 Å². The van der Waals surface area contributed by atoms with Crippen LogP contribution in [0.3, 0.4) is 0 Å². The van der Waals surface area contributed by atoms with Gasteiger partial charge in [0.05, 0.1) is 21.6 Å². The van der Waals surface area contributed by atoms with Gasteiger partial charge in [0.25, 0.3) is 5.56 Å². The number of imidazole rings is 1. The second-order valence-corrected chi connectivity index (χ2v) is 8.61. The number of halogens is 2. The molecule has 1 saturated heterocycles. The summed E-state index contributed by atoms with van der Waals surface area (Å²) in [5.41, 5.74) is 3.71. The van der Waals surface area contributed by atoms with Gasteiger partial charge in [-0.25, -0.2) is 4.98 Å². The summed E-state index contributed by atoms with van der Waals surface area (Å²) in [5.74, 6) is 0.466. The molecule has 3 heterocycles. The zero-order valence-corrected chi connectivity index (χ0v) is 18.3. The Hall–Kier alpha value is -2.54. The first kappa shape index (κ1) is 19.4. The Morgan fingerprint density at radius 3 is 2.53 bits per heavy atom. The summed E-state index contributed by atoms with van der Waals surface area (Å²) in [6, 6.07) is 11.5. The van der Waals surface area contributed by atoms with Gasteiger partial charge in [0.2, 0.25) is 0 Å². The fourth-order valence-corrected chi connectivity index (χ4v) is 4.56. The molecule has 8 heteroatoms. The molecule has 0 atom stereocenters. The Kier molecular flexibility index (Phi) is 4.73. The smallest absolute Gasteiger partial charge is 0.263 e. The molecule has 1 aliphatic rings. The molecule has 0 spiro atoms. The maximum atomic E-state index is 13.1. The molecule has 2 aromatic heterocycles. The third-order valence-corrected chi connectivity index (χ3v) is 6.49. The number of nitrogens with one attached hydrogen (secondary N) is 1. The van der Waals surface area contributed by atoms with Crippen LogP contribution in [0.1, 0.15) is 0 Å². The van der Waals surface area contributed by atoms with Crippen LogP contribution in [0.5, 0.6) is 0 Å². The highest BCUT2D eigenvalue weighted by Crippen LogP contribution is 2.33. The van der Waals surface area contributed by atoms with E-state index in [2.05, 4.69) is 38.9 Å². The van der Waals surface area contributed by atoms with Crippen LogP contribution >= 0.6 is 23.2 Å². The van der Waals surface area contributed by atoms with Crippen molar-refractivity contribution in [1.82, 2.24) is 19.4 Å². The molecule has 2 aromatic carbocycles. The van der Waals surface area contributed by atoms with Crippen molar-refractivity contribution in [3.8, 4) is 11.4 Å². The Morgan fingerprint density at radius 2 is 1.77 bits per heavy atom. The minimum Gasteiger partial charge on any atom is -0.369 e. The molecule has 4 aromatic rings. The number of fused-ring (bicyclic) bond motifs is 2. The predicted molar refractivity (Wildman–Crippen MR) is 124 cm³/mol. The van der Waals surface area contributed by atoms with Crippen molar-refractivity contribution in [2.45, 2.75) is 0 Å². The van der Waals surface area contributed by atoms with E-state index in [1.54, 1.807) is 29.8 Å². The number of aromatic amines is 1. The second-order valence-electron chi connectivity index (χ2n) is 7.79. The molecule has 0 amide bonds. The van der Waals surface area contributed by atoms with E-state index in [1.807, 2.05) is 6.07 Å². The maximum absolute atomic E-state index is 13.1. The summed E-state index contributed by atoms with van der Waals surface area (Å²) in [4.78, 5) is 25.7.